The summed E-state index contributed by atoms with van der Waals surface area (Å²) in [7, 11) is 0. The minimum atomic E-state index is -4.36. The second-order valence-corrected chi connectivity index (χ2v) is 6.14. The Hall–Kier alpha value is -2.22. The number of benzene rings is 1. The minimum Gasteiger partial charge on any atom is -0.484 e. The van der Waals surface area contributed by atoms with Crippen molar-refractivity contribution < 1.29 is 17.9 Å². The molecule has 0 unspecified atom stereocenters. The lowest BCUT2D eigenvalue weighted by atomic mass is 10.2. The van der Waals surface area contributed by atoms with Gasteiger partial charge in [0.2, 0.25) is 0 Å². The van der Waals surface area contributed by atoms with Crippen molar-refractivity contribution in [3.8, 4) is 5.75 Å². The van der Waals surface area contributed by atoms with Crippen LogP contribution < -0.4 is 4.74 Å². The number of aryl methyl sites for hydroxylation is 1. The van der Waals surface area contributed by atoms with Crippen molar-refractivity contribution in [2.75, 3.05) is 6.61 Å². The first-order valence-electron chi connectivity index (χ1n) is 7.13. The van der Waals surface area contributed by atoms with Gasteiger partial charge in [-0.05, 0) is 30.7 Å². The van der Waals surface area contributed by atoms with Gasteiger partial charge >= 0.3 is 6.18 Å². The van der Waals surface area contributed by atoms with Gasteiger partial charge in [-0.2, -0.15) is 13.2 Å². The number of fused-ring (bicyclic) bond motifs is 1. The van der Waals surface area contributed by atoms with Crippen molar-refractivity contribution in [1.82, 2.24) is 15.0 Å². The summed E-state index contributed by atoms with van der Waals surface area (Å²) in [5.41, 5.74) is 3.38. The second kappa shape index (κ2) is 6.72. The van der Waals surface area contributed by atoms with Gasteiger partial charge in [0, 0.05) is 18.0 Å². The molecule has 0 radical (unpaired) electrons. The van der Waals surface area contributed by atoms with Gasteiger partial charge in [0.05, 0.1) is 16.7 Å². The van der Waals surface area contributed by atoms with Gasteiger partial charge < -0.3 is 9.72 Å². The number of rotatable bonds is 5. The Kier molecular flexibility index (Phi) is 4.66. The maximum absolute atomic E-state index is 12.2. The standard InChI is InChI=1S/C16H14F3N3OS/c1-10-3-2-6-20-14(10)8-24-15-21-12-5-4-11(7-13(12)22-15)23-9-16(17,18)19/h2-7H,8-9H2,1H3,(H,21,22). The number of aromatic nitrogens is 3. The number of hydrogen-bond acceptors (Lipinski definition) is 4. The molecular formula is C16H14F3N3OS. The first-order chi connectivity index (χ1) is 11.4. The zero-order valence-corrected chi connectivity index (χ0v) is 13.5. The third kappa shape index (κ3) is 4.19. The molecule has 1 aromatic carbocycles. The predicted molar refractivity (Wildman–Crippen MR) is 86.2 cm³/mol. The predicted octanol–water partition coefficient (Wildman–Crippen LogP) is 4.50. The number of nitrogens with zero attached hydrogens (tertiary/aromatic N) is 2. The Morgan fingerprint density at radius 1 is 1.25 bits per heavy atom. The third-order valence-electron chi connectivity index (χ3n) is 3.30. The van der Waals surface area contributed by atoms with Gasteiger partial charge in [0.15, 0.2) is 11.8 Å². The summed E-state index contributed by atoms with van der Waals surface area (Å²) >= 11 is 1.49. The van der Waals surface area contributed by atoms with E-state index in [1.807, 2.05) is 19.1 Å². The zero-order valence-electron chi connectivity index (χ0n) is 12.7. The fraction of sp³-hybridized carbons (Fsp3) is 0.250. The maximum atomic E-state index is 12.2. The molecule has 0 fully saturated rings. The number of nitrogens with one attached hydrogen (secondary N) is 1. The van der Waals surface area contributed by atoms with Gasteiger partial charge in [-0.1, -0.05) is 17.8 Å². The van der Waals surface area contributed by atoms with Gasteiger partial charge in [0.25, 0.3) is 0 Å². The average molecular weight is 353 g/mol. The summed E-state index contributed by atoms with van der Waals surface area (Å²) in [5, 5.41) is 0.683. The number of thioether (sulfide) groups is 1. The SMILES string of the molecule is Cc1cccnc1CSc1nc2ccc(OCC(F)(F)F)cc2[nH]1. The molecule has 126 valence electrons. The smallest absolute Gasteiger partial charge is 0.422 e. The lowest BCUT2D eigenvalue weighted by Crippen LogP contribution is -2.19. The molecule has 0 amide bonds. The molecule has 8 heteroatoms. The van der Waals surface area contributed by atoms with Crippen LogP contribution in [0.1, 0.15) is 11.3 Å². The molecule has 0 saturated heterocycles. The number of hydrogen-bond donors (Lipinski definition) is 1. The Morgan fingerprint density at radius 2 is 2.08 bits per heavy atom. The highest BCUT2D eigenvalue weighted by atomic mass is 32.2. The molecule has 3 rings (SSSR count). The fourth-order valence-electron chi connectivity index (χ4n) is 2.09. The number of pyridine rings is 1. The van der Waals surface area contributed by atoms with E-state index in [9.17, 15) is 13.2 Å². The van der Waals surface area contributed by atoms with E-state index < -0.39 is 12.8 Å². The van der Waals surface area contributed by atoms with Gasteiger partial charge in [0.1, 0.15) is 5.75 Å². The molecule has 24 heavy (non-hydrogen) atoms. The molecule has 4 nitrogen and oxygen atoms in total. The summed E-state index contributed by atoms with van der Waals surface area (Å²) < 4.78 is 41.3. The molecule has 0 bridgehead atoms. The van der Waals surface area contributed by atoms with Crippen LogP contribution in [0, 0.1) is 6.92 Å². The number of halogens is 3. The fourth-order valence-corrected chi connectivity index (χ4v) is 3.02. The lowest BCUT2D eigenvalue weighted by Gasteiger charge is -2.08. The van der Waals surface area contributed by atoms with Gasteiger partial charge in [-0.3, -0.25) is 4.98 Å². The maximum Gasteiger partial charge on any atom is 0.422 e. The number of aromatic amines is 1. The van der Waals surface area contributed by atoms with Gasteiger partial charge in [-0.15, -0.1) is 0 Å². The van der Waals surface area contributed by atoms with Crippen molar-refractivity contribution in [3.63, 3.8) is 0 Å². The quantitative estimate of drug-likeness (QED) is 0.686. The topological polar surface area (TPSA) is 50.8 Å². The molecule has 0 atom stereocenters. The molecule has 3 aromatic rings. The van der Waals surface area contributed by atoms with Crippen molar-refractivity contribution in [2.45, 2.75) is 24.0 Å². The summed E-state index contributed by atoms with van der Waals surface area (Å²) in [5.74, 6) is 0.810. The summed E-state index contributed by atoms with van der Waals surface area (Å²) in [6.07, 6.45) is -2.61. The molecule has 2 aromatic heterocycles. The van der Waals surface area contributed by atoms with E-state index in [2.05, 4.69) is 15.0 Å². The van der Waals surface area contributed by atoms with Crippen molar-refractivity contribution in [1.29, 1.82) is 0 Å². The van der Waals surface area contributed by atoms with Crippen LogP contribution in [-0.2, 0) is 5.75 Å². The molecule has 2 heterocycles. The van der Waals surface area contributed by atoms with Crippen LogP contribution in [-0.4, -0.2) is 27.7 Å². The van der Waals surface area contributed by atoms with E-state index in [4.69, 9.17) is 4.74 Å². The van der Waals surface area contributed by atoms with Crippen molar-refractivity contribution in [2.24, 2.45) is 0 Å². The number of alkyl halides is 3. The monoisotopic (exact) mass is 353 g/mol. The average Bonchev–Trinajstić information content (AvgIpc) is 2.93. The third-order valence-corrected chi connectivity index (χ3v) is 4.18. The molecule has 0 aliphatic rings. The van der Waals surface area contributed by atoms with Crippen molar-refractivity contribution >= 4 is 22.8 Å². The lowest BCUT2D eigenvalue weighted by molar-refractivity contribution is -0.153. The van der Waals surface area contributed by atoms with Crippen LogP contribution in [0.15, 0.2) is 41.7 Å². The minimum absolute atomic E-state index is 0.153. The van der Waals surface area contributed by atoms with E-state index in [1.165, 1.54) is 23.9 Å². The molecule has 1 N–H and O–H groups in total. The van der Waals surface area contributed by atoms with E-state index in [0.717, 1.165) is 11.3 Å². The Bertz CT molecular complexity index is 848. The molecule has 0 aliphatic heterocycles. The van der Waals surface area contributed by atoms with E-state index in [0.29, 0.717) is 21.9 Å². The highest BCUT2D eigenvalue weighted by molar-refractivity contribution is 7.98. The number of H-pyrrole nitrogens is 1. The van der Waals surface area contributed by atoms with E-state index >= 15 is 0 Å². The molecule has 0 saturated carbocycles. The highest BCUT2D eigenvalue weighted by Gasteiger charge is 2.28. The highest BCUT2D eigenvalue weighted by Crippen LogP contribution is 2.26. The largest absolute Gasteiger partial charge is 0.484 e. The van der Waals surface area contributed by atoms with Crippen molar-refractivity contribution in [3.05, 3.63) is 47.8 Å². The van der Waals surface area contributed by atoms with Crippen LogP contribution in [0.4, 0.5) is 13.2 Å². The van der Waals surface area contributed by atoms with Crippen LogP contribution >= 0.6 is 11.8 Å². The Labute approximate surface area is 140 Å². The first-order valence-corrected chi connectivity index (χ1v) is 8.12. The van der Waals surface area contributed by atoms with Crippen LogP contribution in [0.25, 0.3) is 11.0 Å². The Morgan fingerprint density at radius 3 is 2.83 bits per heavy atom. The molecule has 0 spiro atoms. The van der Waals surface area contributed by atoms with Gasteiger partial charge in [-0.25, -0.2) is 4.98 Å². The van der Waals surface area contributed by atoms with E-state index in [1.54, 1.807) is 12.3 Å². The molecular weight excluding hydrogens is 339 g/mol. The summed E-state index contributed by atoms with van der Waals surface area (Å²) in [4.78, 5) is 11.8. The summed E-state index contributed by atoms with van der Waals surface area (Å²) in [6.45, 7) is 0.680. The second-order valence-electron chi connectivity index (χ2n) is 5.18. The Balaban J connectivity index is 1.70. The van der Waals surface area contributed by atoms with Crippen LogP contribution in [0.5, 0.6) is 5.75 Å². The first kappa shape index (κ1) is 16.6. The molecule has 0 aliphatic carbocycles. The number of imidazole rings is 1. The zero-order chi connectivity index (χ0) is 17.2. The van der Waals surface area contributed by atoms with Crippen LogP contribution in [0.3, 0.4) is 0 Å². The summed E-state index contributed by atoms with van der Waals surface area (Å²) in [6, 6.07) is 8.50. The van der Waals surface area contributed by atoms with Crippen LogP contribution in [0.2, 0.25) is 0 Å². The number of ether oxygens (including phenoxy) is 1. The normalized spacial score (nSPS) is 11.8. The van der Waals surface area contributed by atoms with E-state index in [-0.39, 0.29) is 5.75 Å².